The molecule has 2 aliphatic rings. The second-order valence-corrected chi connectivity index (χ2v) is 11.0. The lowest BCUT2D eigenvalue weighted by atomic mass is 9.77. The van der Waals surface area contributed by atoms with Gasteiger partial charge >= 0.3 is 13.2 Å². The van der Waals surface area contributed by atoms with E-state index in [0.29, 0.717) is 5.82 Å². The summed E-state index contributed by atoms with van der Waals surface area (Å²) >= 11 is 0. The lowest BCUT2D eigenvalue weighted by Gasteiger charge is -2.32. The normalized spacial score (nSPS) is 17.7. The summed E-state index contributed by atoms with van der Waals surface area (Å²) in [5, 5.41) is 2.90. The van der Waals surface area contributed by atoms with E-state index in [4.69, 9.17) is 19.8 Å². The number of nitrogen functional groups attached to an aromatic ring is 1. The number of aromatic nitrogens is 1. The quantitative estimate of drug-likeness (QED) is 0.423. The average Bonchev–Trinajstić information content (AvgIpc) is 3.31. The predicted octanol–water partition coefficient (Wildman–Crippen LogP) is 5.53. The van der Waals surface area contributed by atoms with Crippen LogP contribution < -0.4 is 11.1 Å². The number of carbonyl (C=O) groups is 1. The largest absolute Gasteiger partial charge is 0.492 e. The first-order valence-electron chi connectivity index (χ1n) is 12.9. The number of ether oxygens (including phenoxy) is 1. The predicted molar refractivity (Wildman–Crippen MR) is 151 cm³/mol. The molecule has 0 atom stereocenters. The van der Waals surface area contributed by atoms with Crippen molar-refractivity contribution in [1.29, 1.82) is 0 Å². The van der Waals surface area contributed by atoms with E-state index >= 15 is 0 Å². The van der Waals surface area contributed by atoms with Crippen LogP contribution in [0, 0.1) is 6.92 Å². The van der Waals surface area contributed by atoms with Gasteiger partial charge in [-0.1, -0.05) is 54.6 Å². The maximum atomic E-state index is 12.9. The van der Waals surface area contributed by atoms with Gasteiger partial charge in [0.1, 0.15) is 12.4 Å². The number of anilines is 1. The first-order valence-corrected chi connectivity index (χ1v) is 12.9. The highest BCUT2D eigenvalue weighted by Gasteiger charge is 2.52. The van der Waals surface area contributed by atoms with E-state index < -0.39 is 24.4 Å². The Hall–Kier alpha value is -3.62. The molecule has 3 N–H and O–H groups in total. The van der Waals surface area contributed by atoms with Gasteiger partial charge < -0.3 is 25.1 Å². The molecule has 3 aromatic rings. The summed E-state index contributed by atoms with van der Waals surface area (Å²) in [6.45, 7) is 10.3. The van der Waals surface area contributed by atoms with Crippen molar-refractivity contribution in [3.8, 4) is 11.1 Å². The molecule has 196 valence electrons. The zero-order valence-electron chi connectivity index (χ0n) is 22.6. The fourth-order valence-electron chi connectivity index (χ4n) is 4.92. The molecule has 1 amide bonds. The molecule has 2 aromatic carbocycles. The summed E-state index contributed by atoms with van der Waals surface area (Å²) in [6, 6.07) is 18.5. The number of pyridine rings is 1. The van der Waals surface area contributed by atoms with Crippen LogP contribution in [0.5, 0.6) is 0 Å². The van der Waals surface area contributed by atoms with Crippen LogP contribution in [-0.2, 0) is 14.0 Å². The van der Waals surface area contributed by atoms with Crippen LogP contribution in [0.1, 0.15) is 55.9 Å². The lowest BCUT2D eigenvalue weighted by Crippen LogP contribution is -2.41. The van der Waals surface area contributed by atoms with E-state index in [1.807, 2.05) is 71.0 Å². The van der Waals surface area contributed by atoms with Gasteiger partial charge in [-0.15, -0.1) is 0 Å². The van der Waals surface area contributed by atoms with Crippen molar-refractivity contribution in [3.05, 3.63) is 88.5 Å². The average molecular weight is 511 g/mol. The molecule has 1 aliphatic carbocycles. The van der Waals surface area contributed by atoms with Gasteiger partial charge in [0.25, 0.3) is 0 Å². The fourth-order valence-corrected chi connectivity index (χ4v) is 4.92. The van der Waals surface area contributed by atoms with E-state index in [0.717, 1.165) is 16.6 Å². The minimum atomic E-state index is -0.633. The molecule has 0 bridgehead atoms. The fraction of sp³-hybridized carbons (Fsp3) is 0.333. The Kier molecular flexibility index (Phi) is 6.80. The number of carbonyl (C=O) groups excluding carboxylic acids is 1. The summed E-state index contributed by atoms with van der Waals surface area (Å²) in [7, 11) is -0.633. The summed E-state index contributed by atoms with van der Waals surface area (Å²) in [6.07, 6.45) is 3.12. The van der Waals surface area contributed by atoms with Crippen molar-refractivity contribution >= 4 is 25.1 Å². The molecule has 1 saturated heterocycles. The molecule has 0 saturated carbocycles. The standard InChI is InChI=1S/C30H34BN3O4/c1-19-14-20(16-33-27(19)32)15-21(31-37-29(2,3)30(4,5)38-31)17-34-28(35)36-18-26-24-12-8-6-10-22(24)23-11-7-9-13-25(23)26/h6-16,26H,17-18H2,1-5H3,(H2,32,33)(H,34,35). The number of nitrogens with zero attached hydrogens (tertiary/aromatic N) is 1. The number of hydrogen-bond donors (Lipinski definition) is 2. The third kappa shape index (κ3) is 4.94. The SMILES string of the molecule is Cc1cc(C=C(CNC(=O)OCC2c3ccccc3-c3ccccc32)B2OC(C)(C)C(C)(C)O2)cnc1N. The van der Waals surface area contributed by atoms with E-state index in [1.165, 1.54) is 22.3 Å². The van der Waals surface area contributed by atoms with Gasteiger partial charge in [0.05, 0.1) is 11.2 Å². The molecule has 0 unspecified atom stereocenters. The maximum Gasteiger partial charge on any atom is 0.492 e. The summed E-state index contributed by atoms with van der Waals surface area (Å²) in [4.78, 5) is 17.1. The minimum absolute atomic E-state index is 0.00455. The molecule has 0 radical (unpaired) electrons. The highest BCUT2D eigenvalue weighted by atomic mass is 16.7. The van der Waals surface area contributed by atoms with Gasteiger partial charge in [-0.05, 0) is 79.5 Å². The number of nitrogens with one attached hydrogen (secondary N) is 1. The summed E-state index contributed by atoms with van der Waals surface area (Å²) in [5.74, 6) is 0.478. The highest BCUT2D eigenvalue weighted by molar-refractivity contribution is 6.56. The number of aryl methyl sites for hydroxylation is 1. The van der Waals surface area contributed by atoms with Crippen molar-refractivity contribution in [1.82, 2.24) is 10.3 Å². The number of hydrogen-bond acceptors (Lipinski definition) is 6. The molecule has 2 heterocycles. The Labute approximate surface area is 224 Å². The molecule has 1 aromatic heterocycles. The van der Waals surface area contributed by atoms with E-state index in [9.17, 15) is 4.79 Å². The zero-order valence-corrected chi connectivity index (χ0v) is 22.6. The summed E-state index contributed by atoms with van der Waals surface area (Å²) < 4.78 is 18.3. The highest BCUT2D eigenvalue weighted by Crippen LogP contribution is 2.44. The molecule has 0 spiro atoms. The van der Waals surface area contributed by atoms with Crippen LogP contribution in [0.3, 0.4) is 0 Å². The summed E-state index contributed by atoms with van der Waals surface area (Å²) in [5.41, 5.74) is 12.1. The van der Waals surface area contributed by atoms with Crippen molar-refractivity contribution in [2.45, 2.75) is 51.7 Å². The van der Waals surface area contributed by atoms with Gasteiger partial charge in [0.15, 0.2) is 0 Å². The Morgan fingerprint density at radius 1 is 1.05 bits per heavy atom. The molecule has 7 nitrogen and oxygen atoms in total. The van der Waals surface area contributed by atoms with Crippen molar-refractivity contribution in [2.75, 3.05) is 18.9 Å². The van der Waals surface area contributed by atoms with E-state index in [-0.39, 0.29) is 19.1 Å². The van der Waals surface area contributed by atoms with Crippen molar-refractivity contribution in [2.24, 2.45) is 0 Å². The second-order valence-electron chi connectivity index (χ2n) is 11.0. The first kappa shape index (κ1) is 26.0. The molecule has 1 fully saturated rings. The van der Waals surface area contributed by atoms with Crippen molar-refractivity contribution in [3.63, 3.8) is 0 Å². The molecule has 1 aliphatic heterocycles. The van der Waals surface area contributed by atoms with Gasteiger partial charge in [-0.3, -0.25) is 0 Å². The Morgan fingerprint density at radius 3 is 2.21 bits per heavy atom. The number of amides is 1. The minimum Gasteiger partial charge on any atom is -0.449 e. The van der Waals surface area contributed by atoms with E-state index in [1.54, 1.807) is 6.20 Å². The second kappa shape index (κ2) is 9.93. The molecular weight excluding hydrogens is 477 g/mol. The topological polar surface area (TPSA) is 95.7 Å². The van der Waals surface area contributed by atoms with Crippen molar-refractivity contribution < 1.29 is 18.8 Å². The van der Waals surface area contributed by atoms with Crippen LogP contribution in [0.25, 0.3) is 17.2 Å². The van der Waals surface area contributed by atoms with Crippen LogP contribution in [-0.4, -0.2) is 42.5 Å². The third-order valence-corrected chi connectivity index (χ3v) is 7.83. The smallest absolute Gasteiger partial charge is 0.449 e. The maximum absolute atomic E-state index is 12.9. The van der Waals surface area contributed by atoms with Gasteiger partial charge in [0, 0.05) is 18.7 Å². The number of fused-ring (bicyclic) bond motifs is 3. The Balaban J connectivity index is 1.30. The van der Waals surface area contributed by atoms with Crippen LogP contribution in [0.2, 0.25) is 0 Å². The van der Waals surface area contributed by atoms with Gasteiger partial charge in [0.2, 0.25) is 0 Å². The van der Waals surface area contributed by atoms with Gasteiger partial charge in [-0.25, -0.2) is 9.78 Å². The number of nitrogens with two attached hydrogens (primary N) is 1. The Bertz CT molecular complexity index is 1340. The van der Waals surface area contributed by atoms with Crippen LogP contribution in [0.4, 0.5) is 10.6 Å². The molecule has 38 heavy (non-hydrogen) atoms. The van der Waals surface area contributed by atoms with E-state index in [2.05, 4.69) is 34.6 Å². The number of alkyl carbamates (subject to hydrolysis) is 1. The molecule has 8 heteroatoms. The van der Waals surface area contributed by atoms with Crippen LogP contribution >= 0.6 is 0 Å². The molecule has 5 rings (SSSR count). The number of benzene rings is 2. The monoisotopic (exact) mass is 511 g/mol. The van der Waals surface area contributed by atoms with Gasteiger partial charge in [-0.2, -0.15) is 0 Å². The zero-order chi connectivity index (χ0) is 27.1. The lowest BCUT2D eigenvalue weighted by molar-refractivity contribution is 0.00578. The first-order chi connectivity index (χ1) is 18.1. The number of rotatable bonds is 6. The Morgan fingerprint density at radius 2 is 1.63 bits per heavy atom. The van der Waals surface area contributed by atoms with Crippen LogP contribution in [0.15, 0.2) is 66.3 Å². The third-order valence-electron chi connectivity index (χ3n) is 7.83. The molecular formula is C30H34BN3O4.